The lowest BCUT2D eigenvalue weighted by molar-refractivity contribution is 0.364. The van der Waals surface area contributed by atoms with Gasteiger partial charge in [-0.05, 0) is 6.07 Å². The molecule has 0 saturated heterocycles. The molecule has 86 valence electrons. The Hall–Kier alpha value is -2.13. The Labute approximate surface area is 103 Å². The molecular formula is C11H10N4OS. The number of nitrogens with one attached hydrogen (secondary N) is 1. The lowest BCUT2D eigenvalue weighted by Crippen LogP contribution is -2.03. The first-order valence-electron chi connectivity index (χ1n) is 4.98. The minimum atomic E-state index is 0.0514. The van der Waals surface area contributed by atoms with Crippen molar-refractivity contribution in [3.63, 3.8) is 0 Å². The average molecular weight is 246 g/mol. The van der Waals surface area contributed by atoms with Gasteiger partial charge in [0.1, 0.15) is 17.3 Å². The number of anilines is 1. The van der Waals surface area contributed by atoms with Crippen molar-refractivity contribution in [1.29, 1.82) is 5.26 Å². The fraction of sp³-hybridized carbons (Fsp3) is 0.182. The van der Waals surface area contributed by atoms with Crippen LogP contribution in [0.3, 0.4) is 0 Å². The Morgan fingerprint density at radius 3 is 3.06 bits per heavy atom. The van der Waals surface area contributed by atoms with Crippen molar-refractivity contribution in [1.82, 2.24) is 10.2 Å². The SMILES string of the molecule is N#CCOc1ccccc1CNc1nncs1. The molecule has 1 N–H and O–H groups in total. The Morgan fingerprint density at radius 1 is 1.41 bits per heavy atom. The highest BCUT2D eigenvalue weighted by Gasteiger charge is 2.03. The molecule has 1 aromatic carbocycles. The van der Waals surface area contributed by atoms with Crippen LogP contribution in [0.25, 0.3) is 0 Å². The largest absolute Gasteiger partial charge is 0.478 e. The second kappa shape index (κ2) is 5.82. The van der Waals surface area contributed by atoms with Crippen LogP contribution < -0.4 is 10.1 Å². The highest BCUT2D eigenvalue weighted by atomic mass is 32.1. The van der Waals surface area contributed by atoms with Crippen molar-refractivity contribution in [2.45, 2.75) is 6.54 Å². The van der Waals surface area contributed by atoms with Crippen molar-refractivity contribution < 1.29 is 4.74 Å². The van der Waals surface area contributed by atoms with Gasteiger partial charge in [0.2, 0.25) is 5.13 Å². The van der Waals surface area contributed by atoms with Gasteiger partial charge in [0.15, 0.2) is 6.61 Å². The highest BCUT2D eigenvalue weighted by molar-refractivity contribution is 7.13. The fourth-order valence-corrected chi connectivity index (χ4v) is 1.77. The average Bonchev–Trinajstić information content (AvgIpc) is 2.88. The van der Waals surface area contributed by atoms with Crippen molar-refractivity contribution in [3.8, 4) is 11.8 Å². The van der Waals surface area contributed by atoms with Crippen LogP contribution in [0.2, 0.25) is 0 Å². The maximum absolute atomic E-state index is 8.49. The number of hydrogen-bond acceptors (Lipinski definition) is 6. The zero-order valence-electron chi connectivity index (χ0n) is 8.96. The van der Waals surface area contributed by atoms with Gasteiger partial charge in [-0.1, -0.05) is 29.5 Å². The van der Waals surface area contributed by atoms with Gasteiger partial charge < -0.3 is 10.1 Å². The Bertz CT molecular complexity index is 506. The van der Waals surface area contributed by atoms with E-state index in [1.165, 1.54) is 11.3 Å². The first-order valence-corrected chi connectivity index (χ1v) is 5.86. The molecule has 2 rings (SSSR count). The summed E-state index contributed by atoms with van der Waals surface area (Å²) in [6, 6.07) is 9.54. The zero-order chi connectivity index (χ0) is 11.9. The molecule has 0 radical (unpaired) electrons. The second-order valence-corrected chi connectivity index (χ2v) is 3.99. The van der Waals surface area contributed by atoms with Gasteiger partial charge >= 0.3 is 0 Å². The smallest absolute Gasteiger partial charge is 0.205 e. The zero-order valence-corrected chi connectivity index (χ0v) is 9.78. The number of aromatic nitrogens is 2. The van der Waals surface area contributed by atoms with Gasteiger partial charge in [-0.3, -0.25) is 0 Å². The maximum Gasteiger partial charge on any atom is 0.205 e. The molecule has 0 bridgehead atoms. The summed E-state index contributed by atoms with van der Waals surface area (Å²) in [6.07, 6.45) is 0. The molecule has 5 nitrogen and oxygen atoms in total. The Balaban J connectivity index is 2.02. The normalized spacial score (nSPS) is 9.59. The molecule has 0 atom stereocenters. The third-order valence-corrected chi connectivity index (χ3v) is 2.70. The van der Waals surface area contributed by atoms with Crippen LogP contribution in [0.15, 0.2) is 29.8 Å². The monoisotopic (exact) mass is 246 g/mol. The number of para-hydroxylation sites is 1. The molecule has 0 saturated carbocycles. The topological polar surface area (TPSA) is 70.8 Å². The van der Waals surface area contributed by atoms with Crippen LogP contribution in [-0.4, -0.2) is 16.8 Å². The number of benzene rings is 1. The number of rotatable bonds is 5. The fourth-order valence-electron chi connectivity index (χ4n) is 1.32. The van der Waals surface area contributed by atoms with E-state index >= 15 is 0 Å². The summed E-state index contributed by atoms with van der Waals surface area (Å²) < 4.78 is 5.32. The highest BCUT2D eigenvalue weighted by Crippen LogP contribution is 2.19. The third kappa shape index (κ3) is 3.16. The third-order valence-electron chi connectivity index (χ3n) is 2.05. The number of ether oxygens (including phenoxy) is 1. The van der Waals surface area contributed by atoms with Crippen LogP contribution in [0, 0.1) is 11.3 Å². The molecule has 0 aliphatic carbocycles. The molecule has 1 aromatic heterocycles. The van der Waals surface area contributed by atoms with Gasteiger partial charge in [-0.25, -0.2) is 0 Å². The van der Waals surface area contributed by atoms with Gasteiger partial charge in [0.05, 0.1) is 0 Å². The predicted molar refractivity (Wildman–Crippen MR) is 64.8 cm³/mol. The minimum absolute atomic E-state index is 0.0514. The maximum atomic E-state index is 8.49. The summed E-state index contributed by atoms with van der Waals surface area (Å²) in [4.78, 5) is 0. The standard InChI is InChI=1S/C11H10N4OS/c12-5-6-16-10-4-2-1-3-9(10)7-13-11-15-14-8-17-11/h1-4,8H,6-7H2,(H,13,15). The first-order chi connectivity index (χ1) is 8.40. The van der Waals surface area contributed by atoms with E-state index in [1.807, 2.05) is 30.3 Å². The molecule has 0 fully saturated rings. The van der Waals surface area contributed by atoms with E-state index in [2.05, 4.69) is 15.5 Å². The summed E-state index contributed by atoms with van der Waals surface area (Å²) in [5.41, 5.74) is 2.65. The molecule has 0 aliphatic heterocycles. The number of nitrogens with zero attached hydrogens (tertiary/aromatic N) is 3. The van der Waals surface area contributed by atoms with Crippen molar-refractivity contribution in [2.24, 2.45) is 0 Å². The summed E-state index contributed by atoms with van der Waals surface area (Å²) in [6.45, 7) is 0.645. The number of nitriles is 1. The summed E-state index contributed by atoms with van der Waals surface area (Å²) in [5.74, 6) is 0.714. The van der Waals surface area contributed by atoms with Crippen LogP contribution in [-0.2, 0) is 6.54 Å². The molecule has 17 heavy (non-hydrogen) atoms. The molecular weight excluding hydrogens is 236 g/mol. The van der Waals surface area contributed by atoms with E-state index in [0.29, 0.717) is 12.3 Å². The van der Waals surface area contributed by atoms with Crippen LogP contribution >= 0.6 is 11.3 Å². The lowest BCUT2D eigenvalue weighted by atomic mass is 10.2. The predicted octanol–water partition coefficient (Wildman–Crippen LogP) is 2.05. The van der Waals surface area contributed by atoms with E-state index in [0.717, 1.165) is 10.7 Å². The quantitative estimate of drug-likeness (QED) is 0.874. The molecule has 0 aliphatic rings. The van der Waals surface area contributed by atoms with Gasteiger partial charge in [-0.2, -0.15) is 5.26 Å². The van der Waals surface area contributed by atoms with Crippen LogP contribution in [0.4, 0.5) is 5.13 Å². The van der Waals surface area contributed by atoms with Crippen molar-refractivity contribution in [2.75, 3.05) is 11.9 Å². The van der Waals surface area contributed by atoms with Crippen molar-refractivity contribution >= 4 is 16.5 Å². The molecule has 0 amide bonds. The second-order valence-electron chi connectivity index (χ2n) is 3.15. The van der Waals surface area contributed by atoms with E-state index < -0.39 is 0 Å². The molecule has 6 heteroatoms. The first kappa shape index (κ1) is 11.4. The van der Waals surface area contributed by atoms with E-state index in [1.54, 1.807) is 5.51 Å². The Kier molecular flexibility index (Phi) is 3.89. The van der Waals surface area contributed by atoms with E-state index in [4.69, 9.17) is 10.00 Å². The molecule has 2 aromatic rings. The summed E-state index contributed by atoms with van der Waals surface area (Å²) in [7, 11) is 0. The minimum Gasteiger partial charge on any atom is -0.478 e. The summed E-state index contributed by atoms with van der Waals surface area (Å²) >= 11 is 1.44. The van der Waals surface area contributed by atoms with Crippen LogP contribution in [0.5, 0.6) is 5.75 Å². The summed E-state index contributed by atoms with van der Waals surface area (Å²) in [5, 5.41) is 20.0. The lowest BCUT2D eigenvalue weighted by Gasteiger charge is -2.09. The van der Waals surface area contributed by atoms with Gasteiger partial charge in [-0.15, -0.1) is 10.2 Å². The van der Waals surface area contributed by atoms with Gasteiger partial charge in [0, 0.05) is 12.1 Å². The Morgan fingerprint density at radius 2 is 2.29 bits per heavy atom. The van der Waals surface area contributed by atoms with Gasteiger partial charge in [0.25, 0.3) is 0 Å². The van der Waals surface area contributed by atoms with Crippen molar-refractivity contribution in [3.05, 3.63) is 35.3 Å². The molecule has 1 heterocycles. The van der Waals surface area contributed by atoms with E-state index in [-0.39, 0.29) is 6.61 Å². The van der Waals surface area contributed by atoms with E-state index in [9.17, 15) is 0 Å². The molecule has 0 spiro atoms. The molecule has 0 unspecified atom stereocenters. The number of hydrogen-bond donors (Lipinski definition) is 1. The van der Waals surface area contributed by atoms with Crippen LogP contribution in [0.1, 0.15) is 5.56 Å².